The molecule has 0 heterocycles. The zero-order valence-electron chi connectivity index (χ0n) is 12.8. The van der Waals surface area contributed by atoms with Crippen LogP contribution in [0.25, 0.3) is 0 Å². The number of aryl methyl sites for hydroxylation is 2. The van der Waals surface area contributed by atoms with Gasteiger partial charge in [0.15, 0.2) is 0 Å². The molecule has 2 amide bonds. The van der Waals surface area contributed by atoms with Gasteiger partial charge < -0.3 is 5.32 Å². The summed E-state index contributed by atoms with van der Waals surface area (Å²) >= 11 is 5.96. The summed E-state index contributed by atoms with van der Waals surface area (Å²) in [5.74, 6) is -1.67. The van der Waals surface area contributed by atoms with Crippen molar-refractivity contribution in [3.05, 3.63) is 64.2 Å². The molecule has 5 nitrogen and oxygen atoms in total. The van der Waals surface area contributed by atoms with E-state index in [1.807, 2.05) is 38.1 Å². The lowest BCUT2D eigenvalue weighted by atomic mass is 10.2. The summed E-state index contributed by atoms with van der Waals surface area (Å²) in [7, 11) is 0. The third-order valence-corrected chi connectivity index (χ3v) is 3.50. The zero-order valence-corrected chi connectivity index (χ0v) is 13.5. The van der Waals surface area contributed by atoms with E-state index in [9.17, 15) is 9.59 Å². The summed E-state index contributed by atoms with van der Waals surface area (Å²) < 4.78 is 0. The van der Waals surface area contributed by atoms with Gasteiger partial charge in [0, 0.05) is 10.7 Å². The van der Waals surface area contributed by atoms with Crippen LogP contribution in [-0.2, 0) is 9.59 Å². The van der Waals surface area contributed by atoms with Gasteiger partial charge in [-0.2, -0.15) is 5.10 Å². The first-order valence-corrected chi connectivity index (χ1v) is 7.31. The van der Waals surface area contributed by atoms with E-state index in [-0.39, 0.29) is 0 Å². The average molecular weight is 330 g/mol. The maximum absolute atomic E-state index is 11.8. The second-order valence-electron chi connectivity index (χ2n) is 5.03. The maximum Gasteiger partial charge on any atom is 0.329 e. The molecule has 0 unspecified atom stereocenters. The Morgan fingerprint density at radius 1 is 1.04 bits per heavy atom. The van der Waals surface area contributed by atoms with Gasteiger partial charge in [-0.15, -0.1) is 0 Å². The van der Waals surface area contributed by atoms with Crippen LogP contribution in [0.15, 0.2) is 47.6 Å². The number of nitrogens with one attached hydrogen (secondary N) is 2. The van der Waals surface area contributed by atoms with Crippen LogP contribution >= 0.6 is 11.6 Å². The number of halogens is 1. The molecule has 2 rings (SSSR count). The highest BCUT2D eigenvalue weighted by molar-refractivity contribution is 6.39. The lowest BCUT2D eigenvalue weighted by molar-refractivity contribution is -0.136. The summed E-state index contributed by atoms with van der Waals surface area (Å²) in [6, 6.07) is 12.6. The third-order valence-electron chi connectivity index (χ3n) is 3.09. The van der Waals surface area contributed by atoms with Gasteiger partial charge >= 0.3 is 11.8 Å². The molecule has 0 aromatic heterocycles. The highest BCUT2D eigenvalue weighted by atomic mass is 35.5. The van der Waals surface area contributed by atoms with E-state index in [4.69, 9.17) is 11.6 Å². The Morgan fingerprint density at radius 2 is 1.74 bits per heavy atom. The van der Waals surface area contributed by atoms with E-state index in [2.05, 4.69) is 15.8 Å². The van der Waals surface area contributed by atoms with Crippen LogP contribution in [0.1, 0.15) is 16.7 Å². The first-order chi connectivity index (χ1) is 11.0. The number of nitrogens with zero attached hydrogens (tertiary/aromatic N) is 1. The van der Waals surface area contributed by atoms with Crippen molar-refractivity contribution in [3.8, 4) is 0 Å². The number of amides is 2. The summed E-state index contributed by atoms with van der Waals surface area (Å²) in [6.45, 7) is 3.82. The van der Waals surface area contributed by atoms with Crippen LogP contribution < -0.4 is 10.7 Å². The number of carbonyl (C=O) groups excluding carboxylic acids is 2. The van der Waals surface area contributed by atoms with E-state index in [0.29, 0.717) is 10.7 Å². The molecule has 0 aliphatic heterocycles. The predicted octanol–water partition coefficient (Wildman–Crippen LogP) is 3.05. The fourth-order valence-electron chi connectivity index (χ4n) is 1.73. The summed E-state index contributed by atoms with van der Waals surface area (Å²) in [5.41, 5.74) is 5.46. The standard InChI is InChI=1S/C17H16ClN3O2/c1-11-3-6-13(7-4-11)10-19-21-17(23)16(22)20-14-8-5-12(2)15(18)9-14/h3-10H,1-2H3,(H,20,22)(H,21,23)/b19-10+. The maximum atomic E-state index is 11.8. The van der Waals surface area contributed by atoms with Crippen LogP contribution in [0.2, 0.25) is 5.02 Å². The van der Waals surface area contributed by atoms with Crippen molar-refractivity contribution in [1.29, 1.82) is 0 Å². The fraction of sp³-hybridized carbons (Fsp3) is 0.118. The molecule has 0 spiro atoms. The number of benzene rings is 2. The van der Waals surface area contributed by atoms with Gasteiger partial charge in [0.25, 0.3) is 0 Å². The Labute approximate surface area is 139 Å². The molecule has 0 fully saturated rings. The first kappa shape index (κ1) is 16.7. The molecule has 0 bridgehead atoms. The average Bonchev–Trinajstić information content (AvgIpc) is 2.52. The van der Waals surface area contributed by atoms with Gasteiger partial charge in [-0.3, -0.25) is 9.59 Å². The van der Waals surface area contributed by atoms with Gasteiger partial charge in [0.1, 0.15) is 0 Å². The molecular formula is C17H16ClN3O2. The number of carbonyl (C=O) groups is 2. The Hall–Kier alpha value is -2.66. The first-order valence-electron chi connectivity index (χ1n) is 6.93. The van der Waals surface area contributed by atoms with Crippen molar-refractivity contribution in [2.45, 2.75) is 13.8 Å². The van der Waals surface area contributed by atoms with Gasteiger partial charge in [-0.1, -0.05) is 47.5 Å². The molecular weight excluding hydrogens is 314 g/mol. The number of hydrogen-bond donors (Lipinski definition) is 2. The molecule has 0 aliphatic carbocycles. The van der Waals surface area contributed by atoms with Crippen LogP contribution in [0, 0.1) is 13.8 Å². The SMILES string of the molecule is Cc1ccc(/C=N/NC(=O)C(=O)Nc2ccc(C)c(Cl)c2)cc1. The molecule has 2 N–H and O–H groups in total. The van der Waals surface area contributed by atoms with Crippen molar-refractivity contribution in [2.75, 3.05) is 5.32 Å². The Bertz CT molecular complexity index is 755. The van der Waals surface area contributed by atoms with E-state index < -0.39 is 11.8 Å². The largest absolute Gasteiger partial charge is 0.329 e. The van der Waals surface area contributed by atoms with Crippen molar-refractivity contribution < 1.29 is 9.59 Å². The molecule has 0 radical (unpaired) electrons. The molecule has 0 atom stereocenters. The zero-order chi connectivity index (χ0) is 16.8. The number of anilines is 1. The Balaban J connectivity index is 1.90. The van der Waals surface area contributed by atoms with Crippen molar-refractivity contribution in [2.24, 2.45) is 5.10 Å². The minimum Gasteiger partial charge on any atom is -0.318 e. The van der Waals surface area contributed by atoms with Gasteiger partial charge in [0.2, 0.25) is 0 Å². The van der Waals surface area contributed by atoms with E-state index in [1.54, 1.807) is 18.2 Å². The summed E-state index contributed by atoms with van der Waals surface area (Å²) in [5, 5.41) is 6.73. The predicted molar refractivity (Wildman–Crippen MR) is 91.7 cm³/mol. The quantitative estimate of drug-likeness (QED) is 0.516. The highest BCUT2D eigenvalue weighted by Crippen LogP contribution is 2.19. The summed E-state index contributed by atoms with van der Waals surface area (Å²) in [6.07, 6.45) is 1.47. The molecule has 2 aromatic carbocycles. The number of rotatable bonds is 3. The Morgan fingerprint density at radius 3 is 2.39 bits per heavy atom. The van der Waals surface area contributed by atoms with Crippen LogP contribution in [0.4, 0.5) is 5.69 Å². The smallest absolute Gasteiger partial charge is 0.318 e. The summed E-state index contributed by atoms with van der Waals surface area (Å²) in [4.78, 5) is 23.4. The lowest BCUT2D eigenvalue weighted by Gasteiger charge is -2.05. The number of hydrazone groups is 1. The van der Waals surface area contributed by atoms with Crippen LogP contribution in [0.5, 0.6) is 0 Å². The molecule has 6 heteroatoms. The van der Waals surface area contributed by atoms with Crippen molar-refractivity contribution in [1.82, 2.24) is 5.43 Å². The van der Waals surface area contributed by atoms with Crippen molar-refractivity contribution >= 4 is 35.3 Å². The second kappa shape index (κ2) is 7.56. The monoisotopic (exact) mass is 329 g/mol. The Kier molecular flexibility index (Phi) is 5.49. The van der Waals surface area contributed by atoms with E-state index >= 15 is 0 Å². The fourth-order valence-corrected chi connectivity index (χ4v) is 1.91. The normalized spacial score (nSPS) is 10.6. The van der Waals surface area contributed by atoms with E-state index in [1.165, 1.54) is 6.21 Å². The van der Waals surface area contributed by atoms with Crippen LogP contribution in [-0.4, -0.2) is 18.0 Å². The molecule has 0 saturated heterocycles. The number of hydrogen-bond acceptors (Lipinski definition) is 3. The van der Waals surface area contributed by atoms with Crippen molar-refractivity contribution in [3.63, 3.8) is 0 Å². The highest BCUT2D eigenvalue weighted by Gasteiger charge is 2.13. The molecule has 0 saturated carbocycles. The molecule has 118 valence electrons. The van der Waals surface area contributed by atoms with Gasteiger partial charge in [-0.25, -0.2) is 5.43 Å². The topological polar surface area (TPSA) is 70.6 Å². The third kappa shape index (κ3) is 4.93. The van der Waals surface area contributed by atoms with Gasteiger partial charge in [-0.05, 0) is 37.1 Å². The molecule has 23 heavy (non-hydrogen) atoms. The van der Waals surface area contributed by atoms with Gasteiger partial charge in [0.05, 0.1) is 6.21 Å². The second-order valence-corrected chi connectivity index (χ2v) is 5.44. The lowest BCUT2D eigenvalue weighted by Crippen LogP contribution is -2.32. The molecule has 2 aromatic rings. The molecule has 0 aliphatic rings. The minimum atomic E-state index is -0.856. The minimum absolute atomic E-state index is 0.447. The van der Waals surface area contributed by atoms with Crippen LogP contribution in [0.3, 0.4) is 0 Å². The van der Waals surface area contributed by atoms with E-state index in [0.717, 1.165) is 16.7 Å².